The molecule has 0 amide bonds. The summed E-state index contributed by atoms with van der Waals surface area (Å²) in [7, 11) is 1.69. The zero-order chi connectivity index (χ0) is 21.8. The largest absolute Gasteiger partial charge is 0.497 e. The van der Waals surface area contributed by atoms with Crippen LogP contribution in [0.1, 0.15) is 22.4 Å². The molecule has 4 rings (SSSR count). The highest BCUT2D eigenvalue weighted by Gasteiger charge is 2.14. The molecule has 0 saturated carbocycles. The molecule has 0 saturated heterocycles. The summed E-state index contributed by atoms with van der Waals surface area (Å²) >= 11 is 12.5. The molecule has 0 atom stereocenters. The number of nitrogens with zero attached hydrogens (tertiary/aromatic N) is 1. The maximum atomic E-state index is 6.45. The molecule has 0 fully saturated rings. The Labute approximate surface area is 205 Å². The lowest BCUT2D eigenvalue weighted by atomic mass is 10.1. The molecule has 0 radical (unpaired) electrons. The topological polar surface area (TPSA) is 26.2 Å². The maximum Gasteiger partial charge on any atom is 0.118 e. The highest BCUT2D eigenvalue weighted by Crippen LogP contribution is 2.29. The van der Waals surface area contributed by atoms with Gasteiger partial charge in [0.15, 0.2) is 0 Å². The second kappa shape index (κ2) is 11.1. The first-order valence-corrected chi connectivity index (χ1v) is 11.2. The van der Waals surface area contributed by atoms with E-state index >= 15 is 0 Å². The Morgan fingerprint density at radius 2 is 1.72 bits per heavy atom. The van der Waals surface area contributed by atoms with Crippen LogP contribution >= 0.6 is 35.6 Å². The van der Waals surface area contributed by atoms with Gasteiger partial charge in [-0.25, -0.2) is 0 Å². The number of halogens is 3. The van der Waals surface area contributed by atoms with Gasteiger partial charge in [-0.15, -0.1) is 12.4 Å². The van der Waals surface area contributed by atoms with E-state index in [1.807, 2.05) is 24.3 Å². The van der Waals surface area contributed by atoms with Gasteiger partial charge in [0.2, 0.25) is 0 Å². The van der Waals surface area contributed by atoms with Crippen LogP contribution < -0.4 is 10.1 Å². The molecule has 3 aromatic carbocycles. The van der Waals surface area contributed by atoms with Crippen molar-refractivity contribution in [1.29, 1.82) is 0 Å². The van der Waals surface area contributed by atoms with Crippen molar-refractivity contribution in [3.63, 3.8) is 0 Å². The first kappa shape index (κ1) is 24.5. The fourth-order valence-corrected chi connectivity index (χ4v) is 4.46. The number of hydrogen-bond donors (Lipinski definition) is 1. The molecule has 1 heterocycles. The van der Waals surface area contributed by atoms with Crippen LogP contribution in [-0.4, -0.2) is 18.2 Å². The molecule has 4 aromatic rings. The molecule has 0 aliphatic rings. The van der Waals surface area contributed by atoms with Gasteiger partial charge in [0.25, 0.3) is 0 Å². The van der Waals surface area contributed by atoms with Gasteiger partial charge >= 0.3 is 0 Å². The zero-order valence-electron chi connectivity index (χ0n) is 18.2. The lowest BCUT2D eigenvalue weighted by Crippen LogP contribution is -2.17. The van der Waals surface area contributed by atoms with Gasteiger partial charge in [-0.2, -0.15) is 0 Å². The summed E-state index contributed by atoms with van der Waals surface area (Å²) in [5.74, 6) is 0.890. The number of nitrogens with one attached hydrogen (secondary N) is 1. The minimum Gasteiger partial charge on any atom is -0.497 e. The van der Waals surface area contributed by atoms with Crippen molar-refractivity contribution < 1.29 is 4.74 Å². The zero-order valence-corrected chi connectivity index (χ0v) is 20.5. The monoisotopic (exact) mass is 488 g/mol. The Kier molecular flexibility index (Phi) is 8.50. The van der Waals surface area contributed by atoms with Gasteiger partial charge in [-0.1, -0.05) is 59.6 Å². The van der Waals surface area contributed by atoms with Crippen LogP contribution in [0.5, 0.6) is 5.75 Å². The van der Waals surface area contributed by atoms with Crippen molar-refractivity contribution in [3.8, 4) is 5.75 Å². The lowest BCUT2D eigenvalue weighted by Gasteiger charge is -2.11. The number of fused-ring (bicyclic) bond motifs is 1. The highest BCUT2D eigenvalue weighted by atomic mass is 35.5. The van der Waals surface area contributed by atoms with Crippen molar-refractivity contribution >= 4 is 46.5 Å². The van der Waals surface area contributed by atoms with Crippen molar-refractivity contribution in [2.24, 2.45) is 0 Å². The average molecular weight is 490 g/mol. The van der Waals surface area contributed by atoms with Crippen LogP contribution in [-0.2, 0) is 19.5 Å². The van der Waals surface area contributed by atoms with Gasteiger partial charge in [-0.3, -0.25) is 0 Å². The number of hydrogen-bond acceptors (Lipinski definition) is 2. The minimum atomic E-state index is 0. The SMILES string of the molecule is COc1ccc(CCNCc2c(C)n(Cc3ccc(Cl)cc3Cl)c3ccccc23)cc1.Cl. The molecule has 0 unspecified atom stereocenters. The average Bonchev–Trinajstić information content (AvgIpc) is 3.04. The molecule has 32 heavy (non-hydrogen) atoms. The fraction of sp³-hybridized carbons (Fsp3) is 0.231. The summed E-state index contributed by atoms with van der Waals surface area (Å²) in [5.41, 5.74) is 6.16. The number of rotatable bonds is 8. The third kappa shape index (κ3) is 5.41. The first-order chi connectivity index (χ1) is 15.1. The summed E-state index contributed by atoms with van der Waals surface area (Å²) in [6.07, 6.45) is 0.974. The Morgan fingerprint density at radius 1 is 0.969 bits per heavy atom. The molecule has 0 aliphatic heterocycles. The van der Waals surface area contributed by atoms with Gasteiger partial charge in [-0.05, 0) is 66.9 Å². The van der Waals surface area contributed by atoms with Crippen molar-refractivity contribution in [3.05, 3.63) is 99.2 Å². The summed E-state index contributed by atoms with van der Waals surface area (Å²) in [4.78, 5) is 0. The van der Waals surface area contributed by atoms with Crippen LogP contribution in [0, 0.1) is 6.92 Å². The summed E-state index contributed by atoms with van der Waals surface area (Å²) in [5, 5.41) is 6.25. The van der Waals surface area contributed by atoms with Gasteiger partial charge in [0.1, 0.15) is 5.75 Å². The number of aromatic nitrogens is 1. The van der Waals surface area contributed by atoms with Gasteiger partial charge in [0, 0.05) is 39.7 Å². The third-order valence-corrected chi connectivity index (χ3v) is 6.34. The second-order valence-electron chi connectivity index (χ2n) is 7.68. The van der Waals surface area contributed by atoms with Crippen LogP contribution in [0.2, 0.25) is 10.0 Å². The first-order valence-electron chi connectivity index (χ1n) is 10.4. The van der Waals surface area contributed by atoms with E-state index in [0.29, 0.717) is 16.6 Å². The predicted molar refractivity (Wildman–Crippen MR) is 138 cm³/mol. The number of benzene rings is 3. The van der Waals surface area contributed by atoms with E-state index in [-0.39, 0.29) is 12.4 Å². The Balaban J connectivity index is 0.00000289. The number of methoxy groups -OCH3 is 1. The minimum absolute atomic E-state index is 0. The maximum absolute atomic E-state index is 6.45. The molecular weight excluding hydrogens is 463 g/mol. The standard InChI is InChI=1S/C26H26Cl2N2O.ClH/c1-18-24(16-29-14-13-19-7-11-22(31-2)12-8-19)23-5-3-4-6-26(23)30(18)17-20-9-10-21(27)15-25(20)28;/h3-12,15,29H,13-14,16-17H2,1-2H3;1H. The molecule has 1 aromatic heterocycles. The number of para-hydroxylation sites is 1. The molecule has 168 valence electrons. The van der Waals surface area contributed by atoms with Crippen LogP contribution in [0.3, 0.4) is 0 Å². The number of ether oxygens (including phenoxy) is 1. The van der Waals surface area contributed by atoms with Crippen molar-refractivity contribution in [1.82, 2.24) is 9.88 Å². The molecule has 3 nitrogen and oxygen atoms in total. The van der Waals surface area contributed by atoms with E-state index in [2.05, 4.69) is 53.2 Å². The molecule has 0 aliphatic carbocycles. The molecule has 0 bridgehead atoms. The summed E-state index contributed by atoms with van der Waals surface area (Å²) < 4.78 is 7.57. The molecule has 6 heteroatoms. The third-order valence-electron chi connectivity index (χ3n) is 5.76. The van der Waals surface area contributed by atoms with Crippen LogP contribution in [0.25, 0.3) is 10.9 Å². The van der Waals surface area contributed by atoms with E-state index < -0.39 is 0 Å². The molecular formula is C26H27Cl3N2O. The van der Waals surface area contributed by atoms with Gasteiger partial charge in [0.05, 0.1) is 7.11 Å². The van der Waals surface area contributed by atoms with Crippen molar-refractivity contribution in [2.45, 2.75) is 26.4 Å². The summed E-state index contributed by atoms with van der Waals surface area (Å²) in [6, 6.07) is 22.5. The van der Waals surface area contributed by atoms with Crippen molar-refractivity contribution in [2.75, 3.05) is 13.7 Å². The quantitative estimate of drug-likeness (QED) is 0.268. The summed E-state index contributed by atoms with van der Waals surface area (Å²) in [6.45, 7) is 4.64. The van der Waals surface area contributed by atoms with E-state index in [9.17, 15) is 0 Å². The predicted octanol–water partition coefficient (Wildman–Crippen LogP) is 7.07. The fourth-order valence-electron chi connectivity index (χ4n) is 3.99. The molecule has 0 spiro atoms. The van der Waals surface area contributed by atoms with Crippen LogP contribution in [0.4, 0.5) is 0 Å². The molecule has 1 N–H and O–H groups in total. The van der Waals surface area contributed by atoms with E-state index in [1.165, 1.54) is 27.7 Å². The van der Waals surface area contributed by atoms with Gasteiger partial charge < -0.3 is 14.6 Å². The normalized spacial score (nSPS) is 10.9. The van der Waals surface area contributed by atoms with E-state index in [0.717, 1.165) is 30.8 Å². The van der Waals surface area contributed by atoms with E-state index in [4.69, 9.17) is 27.9 Å². The smallest absolute Gasteiger partial charge is 0.118 e. The highest BCUT2D eigenvalue weighted by molar-refractivity contribution is 6.35. The lowest BCUT2D eigenvalue weighted by molar-refractivity contribution is 0.414. The Bertz CT molecular complexity index is 1190. The van der Waals surface area contributed by atoms with E-state index in [1.54, 1.807) is 13.2 Å². The second-order valence-corrected chi connectivity index (χ2v) is 8.52. The van der Waals surface area contributed by atoms with Crippen LogP contribution in [0.15, 0.2) is 66.7 Å². The Hall–Kier alpha value is -2.17. The Morgan fingerprint density at radius 3 is 2.44 bits per heavy atom.